The fourth-order valence-corrected chi connectivity index (χ4v) is 1.71. The van der Waals surface area contributed by atoms with Crippen LogP contribution in [0.25, 0.3) is 0 Å². The van der Waals surface area contributed by atoms with Crippen LogP contribution in [0.15, 0.2) is 29.4 Å². The highest BCUT2D eigenvalue weighted by molar-refractivity contribution is 5.99. The Labute approximate surface area is 127 Å². The van der Waals surface area contributed by atoms with E-state index >= 15 is 0 Å². The topological polar surface area (TPSA) is 50.7 Å². The predicted octanol–water partition coefficient (Wildman–Crippen LogP) is 4.23. The molecule has 0 aliphatic rings. The van der Waals surface area contributed by atoms with Crippen molar-refractivity contribution >= 4 is 11.8 Å². The Balaban J connectivity index is 2.73. The van der Waals surface area contributed by atoms with E-state index in [0.717, 1.165) is 11.3 Å². The zero-order valence-corrected chi connectivity index (χ0v) is 14.1. The van der Waals surface area contributed by atoms with Crippen molar-refractivity contribution in [3.05, 3.63) is 35.4 Å². The molecule has 0 saturated carbocycles. The molecule has 0 fully saturated rings. The van der Waals surface area contributed by atoms with E-state index in [0.29, 0.717) is 0 Å². The highest BCUT2D eigenvalue weighted by Gasteiger charge is 2.16. The van der Waals surface area contributed by atoms with Crippen LogP contribution in [0.1, 0.15) is 59.6 Å². The second kappa shape index (κ2) is 6.29. The largest absolute Gasteiger partial charge is 0.443 e. The van der Waals surface area contributed by atoms with Gasteiger partial charge in [0.25, 0.3) is 0 Å². The molecule has 0 aliphatic carbocycles. The molecule has 4 nitrogen and oxygen atoms in total. The number of carbonyl (C=O) groups is 1. The number of benzene rings is 1. The fraction of sp³-hybridized carbons (Fsp3) is 0.529. The van der Waals surface area contributed by atoms with Gasteiger partial charge in [-0.2, -0.15) is 5.10 Å². The normalized spacial score (nSPS) is 13.0. The Morgan fingerprint density at radius 2 is 1.57 bits per heavy atom. The highest BCUT2D eigenvalue weighted by atomic mass is 16.6. The summed E-state index contributed by atoms with van der Waals surface area (Å²) in [6.07, 6.45) is -0.548. The van der Waals surface area contributed by atoms with Crippen molar-refractivity contribution in [2.24, 2.45) is 5.10 Å². The maximum Gasteiger partial charge on any atom is 0.428 e. The Kier molecular flexibility index (Phi) is 5.15. The molecule has 0 bridgehead atoms. The molecule has 0 saturated heterocycles. The predicted molar refractivity (Wildman–Crippen MR) is 86.7 cm³/mol. The summed E-state index contributed by atoms with van der Waals surface area (Å²) < 4.78 is 5.13. The van der Waals surface area contributed by atoms with E-state index in [1.165, 1.54) is 5.56 Å². The van der Waals surface area contributed by atoms with E-state index < -0.39 is 11.7 Å². The molecule has 21 heavy (non-hydrogen) atoms. The van der Waals surface area contributed by atoms with E-state index in [-0.39, 0.29) is 5.41 Å². The Morgan fingerprint density at radius 3 is 2.00 bits per heavy atom. The van der Waals surface area contributed by atoms with E-state index in [4.69, 9.17) is 4.74 Å². The van der Waals surface area contributed by atoms with E-state index in [1.807, 2.05) is 39.8 Å². The van der Waals surface area contributed by atoms with Gasteiger partial charge in [0.2, 0.25) is 0 Å². The molecule has 1 amide bonds. The number of nitrogens with one attached hydrogen (secondary N) is 1. The summed E-state index contributed by atoms with van der Waals surface area (Å²) in [4.78, 5) is 11.5. The van der Waals surface area contributed by atoms with Crippen LogP contribution in [0.4, 0.5) is 4.79 Å². The molecule has 0 radical (unpaired) electrons. The summed E-state index contributed by atoms with van der Waals surface area (Å²) in [7, 11) is 0. The van der Waals surface area contributed by atoms with Crippen molar-refractivity contribution in [1.29, 1.82) is 0 Å². The maximum absolute atomic E-state index is 11.5. The number of hydrazone groups is 1. The van der Waals surface area contributed by atoms with Gasteiger partial charge in [0.15, 0.2) is 0 Å². The number of rotatable bonds is 2. The van der Waals surface area contributed by atoms with Gasteiger partial charge in [-0.05, 0) is 44.2 Å². The minimum absolute atomic E-state index is 0.123. The minimum Gasteiger partial charge on any atom is -0.443 e. The summed E-state index contributed by atoms with van der Waals surface area (Å²) >= 11 is 0. The maximum atomic E-state index is 11.5. The second-order valence-electron chi connectivity index (χ2n) is 7.14. The lowest BCUT2D eigenvalue weighted by molar-refractivity contribution is 0.0529. The van der Waals surface area contributed by atoms with Crippen molar-refractivity contribution in [3.8, 4) is 0 Å². The first kappa shape index (κ1) is 17.2. The third-order valence-corrected chi connectivity index (χ3v) is 2.88. The van der Waals surface area contributed by atoms with Gasteiger partial charge >= 0.3 is 6.09 Å². The first-order valence-electron chi connectivity index (χ1n) is 7.13. The van der Waals surface area contributed by atoms with Crippen LogP contribution in [0.3, 0.4) is 0 Å². The first-order valence-corrected chi connectivity index (χ1v) is 7.13. The lowest BCUT2D eigenvalue weighted by Crippen LogP contribution is -2.30. The molecule has 1 aromatic carbocycles. The van der Waals surface area contributed by atoms with Crippen molar-refractivity contribution in [1.82, 2.24) is 5.43 Å². The lowest BCUT2D eigenvalue weighted by atomic mass is 9.86. The van der Waals surface area contributed by atoms with E-state index in [9.17, 15) is 4.79 Å². The molecule has 116 valence electrons. The number of ether oxygens (including phenoxy) is 1. The molecule has 4 heteroatoms. The molecular weight excluding hydrogens is 264 g/mol. The summed E-state index contributed by atoms with van der Waals surface area (Å²) in [5.74, 6) is 0. The van der Waals surface area contributed by atoms with Gasteiger partial charge in [0, 0.05) is 0 Å². The van der Waals surface area contributed by atoms with Crippen molar-refractivity contribution < 1.29 is 9.53 Å². The third kappa shape index (κ3) is 5.98. The average molecular weight is 290 g/mol. The zero-order valence-electron chi connectivity index (χ0n) is 14.1. The summed E-state index contributed by atoms with van der Waals surface area (Å²) in [5.41, 5.74) is 4.98. The van der Waals surface area contributed by atoms with Crippen molar-refractivity contribution in [2.75, 3.05) is 0 Å². The molecule has 0 spiro atoms. The van der Waals surface area contributed by atoms with Crippen LogP contribution in [0.5, 0.6) is 0 Å². The molecule has 1 rings (SSSR count). The van der Waals surface area contributed by atoms with E-state index in [1.54, 1.807) is 0 Å². The van der Waals surface area contributed by atoms with Gasteiger partial charge < -0.3 is 4.74 Å². The smallest absolute Gasteiger partial charge is 0.428 e. The van der Waals surface area contributed by atoms with Crippen LogP contribution in [-0.4, -0.2) is 17.4 Å². The van der Waals surface area contributed by atoms with Crippen LogP contribution in [0.2, 0.25) is 0 Å². The van der Waals surface area contributed by atoms with Crippen molar-refractivity contribution in [2.45, 2.75) is 59.5 Å². The van der Waals surface area contributed by atoms with Crippen LogP contribution in [0, 0.1) is 0 Å². The number of amides is 1. The van der Waals surface area contributed by atoms with Crippen LogP contribution < -0.4 is 5.43 Å². The number of carbonyl (C=O) groups excluding carboxylic acids is 1. The second-order valence-corrected chi connectivity index (χ2v) is 7.14. The van der Waals surface area contributed by atoms with Crippen molar-refractivity contribution in [3.63, 3.8) is 0 Å². The van der Waals surface area contributed by atoms with Gasteiger partial charge in [-0.3, -0.25) is 0 Å². The Morgan fingerprint density at radius 1 is 1.05 bits per heavy atom. The molecular formula is C17H26N2O2. The highest BCUT2D eigenvalue weighted by Crippen LogP contribution is 2.22. The molecule has 1 aromatic rings. The number of hydrogen-bond donors (Lipinski definition) is 1. The lowest BCUT2D eigenvalue weighted by Gasteiger charge is -2.19. The van der Waals surface area contributed by atoms with Crippen LogP contribution >= 0.6 is 0 Å². The van der Waals surface area contributed by atoms with E-state index in [2.05, 4.69) is 43.4 Å². The van der Waals surface area contributed by atoms with Crippen LogP contribution in [-0.2, 0) is 10.2 Å². The zero-order chi connectivity index (χ0) is 16.3. The summed E-state index contributed by atoms with van der Waals surface area (Å²) in [6.45, 7) is 13.8. The number of nitrogens with zero attached hydrogens (tertiary/aromatic N) is 1. The third-order valence-electron chi connectivity index (χ3n) is 2.88. The van der Waals surface area contributed by atoms with Gasteiger partial charge in [-0.1, -0.05) is 45.0 Å². The molecule has 0 heterocycles. The van der Waals surface area contributed by atoms with Gasteiger partial charge in [0.05, 0.1) is 5.71 Å². The summed E-state index contributed by atoms with van der Waals surface area (Å²) in [6, 6.07) is 8.19. The van der Waals surface area contributed by atoms with Gasteiger partial charge in [0.1, 0.15) is 5.60 Å². The molecule has 0 unspecified atom stereocenters. The molecule has 0 atom stereocenters. The Hall–Kier alpha value is -1.84. The first-order chi connectivity index (χ1) is 9.49. The molecule has 0 aliphatic heterocycles. The molecule has 1 N–H and O–H groups in total. The molecule has 0 aromatic heterocycles. The number of hydrogen-bond acceptors (Lipinski definition) is 3. The summed E-state index contributed by atoms with van der Waals surface area (Å²) in [5, 5.41) is 4.06. The quantitative estimate of drug-likeness (QED) is 0.654. The van der Waals surface area contributed by atoms with Gasteiger partial charge in [-0.25, -0.2) is 10.2 Å². The Bertz CT molecular complexity index is 517. The monoisotopic (exact) mass is 290 g/mol. The SMILES string of the molecule is C/C(=N/NC(=O)OC(C)(C)C)c1ccc(C(C)(C)C)cc1. The minimum atomic E-state index is -0.548. The van der Waals surface area contributed by atoms with Gasteiger partial charge in [-0.15, -0.1) is 0 Å². The fourth-order valence-electron chi connectivity index (χ4n) is 1.71. The average Bonchev–Trinajstić information content (AvgIpc) is 2.33. The standard InChI is InChI=1S/C17H26N2O2/c1-12(18-19-15(20)21-17(5,6)7)13-8-10-14(11-9-13)16(2,3)4/h8-11H,1-7H3,(H,19,20)/b18-12-.